The van der Waals surface area contributed by atoms with Crippen molar-refractivity contribution in [2.75, 3.05) is 13.7 Å². The van der Waals surface area contributed by atoms with Gasteiger partial charge in [-0.3, -0.25) is 4.79 Å². The van der Waals surface area contributed by atoms with E-state index in [9.17, 15) is 18.7 Å². The van der Waals surface area contributed by atoms with Crippen molar-refractivity contribution >= 4 is 5.78 Å². The first-order chi connectivity index (χ1) is 10.9. The number of aliphatic hydroxyl groups excluding tert-OH is 1. The molecule has 0 aliphatic heterocycles. The van der Waals surface area contributed by atoms with E-state index < -0.39 is 23.3 Å². The third-order valence-corrected chi connectivity index (χ3v) is 3.30. The van der Waals surface area contributed by atoms with E-state index in [0.29, 0.717) is 11.3 Å². The van der Waals surface area contributed by atoms with Crippen LogP contribution in [0.2, 0.25) is 0 Å². The molecule has 1 unspecified atom stereocenters. The Morgan fingerprint density at radius 2 is 1.83 bits per heavy atom. The lowest BCUT2D eigenvalue weighted by molar-refractivity contribution is 0.0989. The molecule has 2 aromatic carbocycles. The third kappa shape index (κ3) is 3.84. The zero-order valence-electron chi connectivity index (χ0n) is 12.7. The highest BCUT2D eigenvalue weighted by Gasteiger charge is 2.19. The Balaban J connectivity index is 2.16. The summed E-state index contributed by atoms with van der Waals surface area (Å²) in [5.41, 5.74) is -0.0123. The van der Waals surface area contributed by atoms with E-state index in [1.807, 2.05) is 0 Å². The second-order valence-corrected chi connectivity index (χ2v) is 4.88. The van der Waals surface area contributed by atoms with Crippen LogP contribution in [0.5, 0.6) is 11.5 Å². The molecule has 0 saturated carbocycles. The monoisotopic (exact) mass is 322 g/mol. The maximum absolute atomic E-state index is 13.6. The number of ether oxygens (including phenoxy) is 2. The Kier molecular flexibility index (Phi) is 5.28. The van der Waals surface area contributed by atoms with E-state index in [2.05, 4.69) is 0 Å². The Hall–Kier alpha value is -2.47. The van der Waals surface area contributed by atoms with Crippen LogP contribution in [0.3, 0.4) is 0 Å². The molecule has 0 aromatic heterocycles. The van der Waals surface area contributed by atoms with E-state index in [1.165, 1.54) is 38.3 Å². The molecule has 0 radical (unpaired) electrons. The molecule has 2 rings (SSSR count). The highest BCUT2D eigenvalue weighted by atomic mass is 19.1. The van der Waals surface area contributed by atoms with Gasteiger partial charge in [-0.15, -0.1) is 0 Å². The Morgan fingerprint density at radius 1 is 1.17 bits per heavy atom. The van der Waals surface area contributed by atoms with Crippen molar-refractivity contribution in [3.05, 3.63) is 59.2 Å². The number of hydrogen-bond donors (Lipinski definition) is 1. The molecule has 1 atom stereocenters. The third-order valence-electron chi connectivity index (χ3n) is 3.30. The predicted octanol–water partition coefficient (Wildman–Crippen LogP) is 3.29. The summed E-state index contributed by atoms with van der Waals surface area (Å²) in [6.07, 6.45) is -1.48. The number of ketones is 1. The van der Waals surface area contributed by atoms with Gasteiger partial charge in [0.25, 0.3) is 0 Å². The Labute approximate surface area is 132 Å². The van der Waals surface area contributed by atoms with E-state index in [1.54, 1.807) is 0 Å². The quantitative estimate of drug-likeness (QED) is 0.829. The molecular formula is C17H16F2O4. The van der Waals surface area contributed by atoms with Gasteiger partial charge in [0.1, 0.15) is 24.3 Å². The molecule has 0 spiro atoms. The molecule has 2 aromatic rings. The second-order valence-electron chi connectivity index (χ2n) is 4.88. The van der Waals surface area contributed by atoms with E-state index in [0.717, 1.165) is 12.1 Å². The van der Waals surface area contributed by atoms with E-state index >= 15 is 0 Å². The van der Waals surface area contributed by atoms with Gasteiger partial charge in [0, 0.05) is 5.56 Å². The summed E-state index contributed by atoms with van der Waals surface area (Å²) in [5, 5.41) is 9.95. The lowest BCUT2D eigenvalue weighted by atomic mass is 10.1. The molecule has 1 N–H and O–H groups in total. The number of carbonyl (C=O) groups is 1. The van der Waals surface area contributed by atoms with Gasteiger partial charge in [-0.2, -0.15) is 0 Å². The highest BCUT2D eigenvalue weighted by molar-refractivity contribution is 5.94. The summed E-state index contributed by atoms with van der Waals surface area (Å²) in [6, 6.07) is 7.86. The highest BCUT2D eigenvalue weighted by Crippen LogP contribution is 2.30. The van der Waals surface area contributed by atoms with Crippen LogP contribution in [0.15, 0.2) is 36.4 Å². The van der Waals surface area contributed by atoms with Crippen LogP contribution < -0.4 is 9.47 Å². The normalized spacial score (nSPS) is 11.9. The molecule has 23 heavy (non-hydrogen) atoms. The fourth-order valence-corrected chi connectivity index (χ4v) is 2.09. The van der Waals surface area contributed by atoms with Gasteiger partial charge in [0.2, 0.25) is 0 Å². The van der Waals surface area contributed by atoms with Crippen molar-refractivity contribution < 1.29 is 28.2 Å². The summed E-state index contributed by atoms with van der Waals surface area (Å²) >= 11 is 0. The summed E-state index contributed by atoms with van der Waals surface area (Å²) < 4.78 is 37.7. The zero-order chi connectivity index (χ0) is 17.0. The summed E-state index contributed by atoms with van der Waals surface area (Å²) in [5.74, 6) is -1.28. The molecule has 6 heteroatoms. The minimum Gasteiger partial charge on any atom is -0.493 e. The molecule has 0 bridgehead atoms. The van der Waals surface area contributed by atoms with Gasteiger partial charge in [0.15, 0.2) is 17.3 Å². The van der Waals surface area contributed by atoms with Gasteiger partial charge in [-0.1, -0.05) is 6.07 Å². The SMILES string of the molecule is COc1cc(C(C)=O)ccc1OCC(O)c1c(F)cccc1F. The maximum atomic E-state index is 13.6. The summed E-state index contributed by atoms with van der Waals surface area (Å²) in [4.78, 5) is 11.3. The van der Waals surface area contributed by atoms with Crippen molar-refractivity contribution in [3.8, 4) is 11.5 Å². The molecule has 0 aliphatic rings. The maximum Gasteiger partial charge on any atom is 0.161 e. The van der Waals surface area contributed by atoms with Crippen LogP contribution in [-0.2, 0) is 0 Å². The first-order valence-corrected chi connectivity index (χ1v) is 6.87. The topological polar surface area (TPSA) is 55.8 Å². The summed E-state index contributed by atoms with van der Waals surface area (Å²) in [6.45, 7) is 1.05. The van der Waals surface area contributed by atoms with Crippen molar-refractivity contribution in [2.24, 2.45) is 0 Å². The Morgan fingerprint density at radius 3 is 2.39 bits per heavy atom. The van der Waals surface area contributed by atoms with Gasteiger partial charge in [0.05, 0.1) is 12.7 Å². The molecule has 0 fully saturated rings. The predicted molar refractivity (Wildman–Crippen MR) is 79.8 cm³/mol. The summed E-state index contributed by atoms with van der Waals surface area (Å²) in [7, 11) is 1.40. The van der Waals surface area contributed by atoms with Crippen LogP contribution in [-0.4, -0.2) is 24.6 Å². The average Bonchev–Trinajstić information content (AvgIpc) is 2.52. The molecular weight excluding hydrogens is 306 g/mol. The number of rotatable bonds is 6. The van der Waals surface area contributed by atoms with Crippen LogP contribution >= 0.6 is 0 Å². The van der Waals surface area contributed by atoms with Crippen LogP contribution in [0.25, 0.3) is 0 Å². The molecule has 4 nitrogen and oxygen atoms in total. The number of carbonyl (C=O) groups excluding carboxylic acids is 1. The van der Waals surface area contributed by atoms with Crippen molar-refractivity contribution in [1.82, 2.24) is 0 Å². The molecule has 0 aliphatic carbocycles. The molecule has 122 valence electrons. The van der Waals surface area contributed by atoms with Crippen molar-refractivity contribution in [3.63, 3.8) is 0 Å². The van der Waals surface area contributed by atoms with Gasteiger partial charge in [-0.05, 0) is 37.3 Å². The number of aliphatic hydroxyl groups is 1. The van der Waals surface area contributed by atoms with Crippen molar-refractivity contribution in [1.29, 1.82) is 0 Å². The first-order valence-electron chi connectivity index (χ1n) is 6.87. The lowest BCUT2D eigenvalue weighted by Crippen LogP contribution is -2.13. The average molecular weight is 322 g/mol. The number of halogens is 2. The Bertz CT molecular complexity index is 695. The largest absolute Gasteiger partial charge is 0.493 e. The standard InChI is InChI=1S/C17H16F2O4/c1-10(20)11-6-7-15(16(8-11)22-2)23-9-14(21)17-12(18)4-3-5-13(17)19/h3-8,14,21H,9H2,1-2H3. The molecule has 0 amide bonds. The smallest absolute Gasteiger partial charge is 0.161 e. The van der Waals surface area contributed by atoms with Crippen LogP contribution in [0.1, 0.15) is 28.9 Å². The minimum atomic E-state index is -1.48. The fourth-order valence-electron chi connectivity index (χ4n) is 2.09. The zero-order valence-corrected chi connectivity index (χ0v) is 12.7. The number of methoxy groups -OCH3 is 1. The number of Topliss-reactive ketones (excluding diaryl/α,β-unsaturated/α-hetero) is 1. The number of hydrogen-bond acceptors (Lipinski definition) is 4. The van der Waals surface area contributed by atoms with E-state index in [4.69, 9.17) is 9.47 Å². The van der Waals surface area contributed by atoms with Crippen LogP contribution in [0, 0.1) is 11.6 Å². The first kappa shape index (κ1) is 16.9. The number of benzene rings is 2. The van der Waals surface area contributed by atoms with Crippen molar-refractivity contribution in [2.45, 2.75) is 13.0 Å². The second kappa shape index (κ2) is 7.19. The van der Waals surface area contributed by atoms with Crippen LogP contribution in [0.4, 0.5) is 8.78 Å². The van der Waals surface area contributed by atoms with Gasteiger partial charge in [-0.25, -0.2) is 8.78 Å². The fraction of sp³-hybridized carbons (Fsp3) is 0.235. The van der Waals surface area contributed by atoms with Gasteiger partial charge >= 0.3 is 0 Å². The lowest BCUT2D eigenvalue weighted by Gasteiger charge is -2.16. The van der Waals surface area contributed by atoms with E-state index in [-0.39, 0.29) is 18.1 Å². The molecule has 0 heterocycles. The van der Waals surface area contributed by atoms with Gasteiger partial charge < -0.3 is 14.6 Å². The molecule has 0 saturated heterocycles. The minimum absolute atomic E-state index is 0.136.